The van der Waals surface area contributed by atoms with Gasteiger partial charge >= 0.3 is 5.97 Å². The second-order valence-corrected chi connectivity index (χ2v) is 11.1. The van der Waals surface area contributed by atoms with Gasteiger partial charge in [-0.1, -0.05) is 36.4 Å². The van der Waals surface area contributed by atoms with Crippen LogP contribution in [0, 0.1) is 0 Å². The number of hydrogen-bond donors (Lipinski definition) is 0. The SMILES string of the molecule is CON(C(=O)c1c2ccccc2[n+](C)c2ccccc12)S(=O)(=O)c1ccc(CCC(=O)ON2C(=O)CCC2=O)cc1. The number of rotatable bonds is 8. The first-order chi connectivity index (χ1) is 19.6. The Morgan fingerprint density at radius 2 is 1.41 bits per heavy atom. The Kier molecular flexibility index (Phi) is 7.52. The standard InChI is InChI=1S/C29H26N3O8S/c1-30-23-9-5-3-7-21(23)28(22-8-4-6-10-24(22)30)29(36)32(39-2)41(37,38)20-14-11-19(12-15-20)13-18-27(35)40-31-25(33)16-17-26(31)34/h3-12,14-15H,13,16-18H2,1-2H3/q+1. The molecule has 1 fully saturated rings. The van der Waals surface area contributed by atoms with Crippen LogP contribution in [0.2, 0.25) is 0 Å². The summed E-state index contributed by atoms with van der Waals surface area (Å²) in [7, 11) is -1.46. The number of benzene rings is 3. The van der Waals surface area contributed by atoms with Crippen LogP contribution in [0.3, 0.4) is 0 Å². The highest BCUT2D eigenvalue weighted by molar-refractivity contribution is 7.89. The lowest BCUT2D eigenvalue weighted by molar-refractivity contribution is -0.617. The van der Waals surface area contributed by atoms with E-state index in [0.29, 0.717) is 25.9 Å². The van der Waals surface area contributed by atoms with Crippen molar-refractivity contribution >= 4 is 55.5 Å². The monoisotopic (exact) mass is 576 g/mol. The van der Waals surface area contributed by atoms with E-state index in [2.05, 4.69) is 0 Å². The molecule has 3 amide bonds. The topological polar surface area (TPSA) is 131 Å². The number of hydrogen-bond acceptors (Lipinski definition) is 8. The zero-order chi connectivity index (χ0) is 29.3. The van der Waals surface area contributed by atoms with Gasteiger partial charge in [0.25, 0.3) is 27.7 Å². The number of hydroxylamine groups is 3. The van der Waals surface area contributed by atoms with Crippen molar-refractivity contribution in [1.29, 1.82) is 0 Å². The number of nitrogens with zero attached hydrogens (tertiary/aromatic N) is 3. The van der Waals surface area contributed by atoms with Gasteiger partial charge in [0.15, 0.2) is 0 Å². The van der Waals surface area contributed by atoms with Crippen molar-refractivity contribution in [2.24, 2.45) is 7.05 Å². The molecule has 1 aliphatic heterocycles. The number of carbonyl (C=O) groups is 4. The highest BCUT2D eigenvalue weighted by Crippen LogP contribution is 2.28. The maximum atomic E-state index is 13.9. The average molecular weight is 577 g/mol. The van der Waals surface area contributed by atoms with Gasteiger partial charge in [0.05, 0.1) is 34.8 Å². The molecule has 12 heteroatoms. The minimum Gasteiger partial charge on any atom is -0.330 e. The second-order valence-electron chi connectivity index (χ2n) is 9.38. The lowest BCUT2D eigenvalue weighted by Gasteiger charge is -2.21. The molecule has 0 saturated carbocycles. The van der Waals surface area contributed by atoms with E-state index in [1.807, 2.05) is 35.9 Å². The van der Waals surface area contributed by atoms with E-state index < -0.39 is 33.7 Å². The molecular weight excluding hydrogens is 550 g/mol. The quantitative estimate of drug-likeness (QED) is 0.135. The van der Waals surface area contributed by atoms with E-state index in [1.165, 1.54) is 24.3 Å². The second kappa shape index (κ2) is 11.1. The Bertz CT molecular complexity index is 1750. The summed E-state index contributed by atoms with van der Waals surface area (Å²) in [6.07, 6.45) is 0.0233. The summed E-state index contributed by atoms with van der Waals surface area (Å²) in [5, 5.41) is 1.61. The van der Waals surface area contributed by atoms with Gasteiger partial charge in [0.1, 0.15) is 7.05 Å². The predicted molar refractivity (Wildman–Crippen MR) is 145 cm³/mol. The fourth-order valence-electron chi connectivity index (χ4n) is 4.82. The molecule has 1 aromatic heterocycles. The zero-order valence-corrected chi connectivity index (χ0v) is 23.1. The lowest BCUT2D eigenvalue weighted by Crippen LogP contribution is -2.38. The van der Waals surface area contributed by atoms with Crippen molar-refractivity contribution in [3.8, 4) is 0 Å². The van der Waals surface area contributed by atoms with Crippen LogP contribution < -0.4 is 4.57 Å². The Labute approximate surface area is 235 Å². The molecule has 5 rings (SSSR count). The fourth-order valence-corrected chi connectivity index (χ4v) is 5.99. The Hall–Kier alpha value is -4.68. The molecule has 0 spiro atoms. The van der Waals surface area contributed by atoms with Gasteiger partial charge in [-0.15, -0.1) is 9.53 Å². The third-order valence-corrected chi connectivity index (χ3v) is 8.49. The smallest absolute Gasteiger partial charge is 0.330 e. The molecule has 0 bridgehead atoms. The summed E-state index contributed by atoms with van der Waals surface area (Å²) >= 11 is 0. The number of imide groups is 1. The Morgan fingerprint density at radius 3 is 1.95 bits per heavy atom. The normalized spacial score (nSPS) is 13.7. The lowest BCUT2D eigenvalue weighted by atomic mass is 10.0. The summed E-state index contributed by atoms with van der Waals surface area (Å²) < 4.78 is 29.5. The first-order valence-corrected chi connectivity index (χ1v) is 14.2. The molecule has 0 aliphatic carbocycles. The van der Waals surface area contributed by atoms with E-state index in [-0.39, 0.29) is 36.1 Å². The molecule has 1 saturated heterocycles. The van der Waals surface area contributed by atoms with Crippen LogP contribution in [-0.2, 0) is 47.6 Å². The van der Waals surface area contributed by atoms with Gasteiger partial charge in [-0.25, -0.2) is 4.79 Å². The summed E-state index contributed by atoms with van der Waals surface area (Å²) in [6.45, 7) is 0. The number of aryl methyl sites for hydroxylation is 2. The van der Waals surface area contributed by atoms with Crippen LogP contribution in [0.15, 0.2) is 77.7 Å². The maximum Gasteiger partial charge on any atom is 0.333 e. The molecule has 0 N–H and O–H groups in total. The van der Waals surface area contributed by atoms with Crippen LogP contribution in [-0.4, -0.2) is 48.8 Å². The van der Waals surface area contributed by atoms with Gasteiger partial charge in [0, 0.05) is 25.0 Å². The van der Waals surface area contributed by atoms with Gasteiger partial charge < -0.3 is 4.84 Å². The molecular formula is C29H26N3O8S+. The zero-order valence-electron chi connectivity index (χ0n) is 22.3. The first-order valence-electron chi connectivity index (χ1n) is 12.7. The van der Waals surface area contributed by atoms with E-state index in [9.17, 15) is 27.6 Å². The highest BCUT2D eigenvalue weighted by Gasteiger charge is 2.35. The van der Waals surface area contributed by atoms with Crippen molar-refractivity contribution in [1.82, 2.24) is 9.53 Å². The summed E-state index contributed by atoms with van der Waals surface area (Å²) in [5.41, 5.74) is 2.27. The fraction of sp³-hybridized carbons (Fsp3) is 0.207. The number of amides is 3. The predicted octanol–water partition coefficient (Wildman–Crippen LogP) is 2.75. The Morgan fingerprint density at radius 1 is 0.878 bits per heavy atom. The van der Waals surface area contributed by atoms with Crippen molar-refractivity contribution in [3.05, 3.63) is 83.9 Å². The van der Waals surface area contributed by atoms with Gasteiger partial charge in [0.2, 0.25) is 11.0 Å². The van der Waals surface area contributed by atoms with Crippen LogP contribution in [0.4, 0.5) is 0 Å². The highest BCUT2D eigenvalue weighted by atomic mass is 32.2. The van der Waals surface area contributed by atoms with Crippen LogP contribution in [0.25, 0.3) is 21.8 Å². The summed E-state index contributed by atoms with van der Waals surface area (Å²) in [4.78, 5) is 59.1. The molecule has 0 unspecified atom stereocenters. The molecule has 11 nitrogen and oxygen atoms in total. The third-order valence-electron chi connectivity index (χ3n) is 6.87. The van der Waals surface area contributed by atoms with Crippen molar-refractivity contribution in [2.45, 2.75) is 30.6 Å². The molecule has 3 aromatic carbocycles. The van der Waals surface area contributed by atoms with E-state index in [4.69, 9.17) is 9.68 Å². The van der Waals surface area contributed by atoms with E-state index in [0.717, 1.165) is 18.1 Å². The number of aromatic nitrogens is 1. The maximum absolute atomic E-state index is 13.9. The largest absolute Gasteiger partial charge is 0.333 e. The number of sulfonamides is 1. The number of carbonyl (C=O) groups excluding carboxylic acids is 4. The van der Waals surface area contributed by atoms with Crippen molar-refractivity contribution in [2.75, 3.05) is 7.11 Å². The molecule has 0 atom stereocenters. The van der Waals surface area contributed by atoms with Crippen LogP contribution in [0.5, 0.6) is 0 Å². The van der Waals surface area contributed by atoms with Crippen LogP contribution >= 0.6 is 0 Å². The van der Waals surface area contributed by atoms with Gasteiger partial charge in [-0.3, -0.25) is 19.2 Å². The molecule has 1 aliphatic rings. The molecule has 4 aromatic rings. The summed E-state index contributed by atoms with van der Waals surface area (Å²) in [5.74, 6) is -2.75. The van der Waals surface area contributed by atoms with Gasteiger partial charge in [-0.2, -0.15) is 13.0 Å². The molecule has 2 heterocycles. The number of pyridine rings is 1. The minimum atomic E-state index is -4.44. The number of fused-ring (bicyclic) bond motifs is 2. The van der Waals surface area contributed by atoms with E-state index >= 15 is 0 Å². The van der Waals surface area contributed by atoms with E-state index in [1.54, 1.807) is 24.3 Å². The Balaban J connectivity index is 1.39. The van der Waals surface area contributed by atoms with Crippen molar-refractivity contribution in [3.63, 3.8) is 0 Å². The van der Waals surface area contributed by atoms with Crippen LogP contribution in [0.1, 0.15) is 35.2 Å². The first kappa shape index (κ1) is 27.9. The summed E-state index contributed by atoms with van der Waals surface area (Å²) in [6, 6.07) is 20.0. The molecule has 41 heavy (non-hydrogen) atoms. The van der Waals surface area contributed by atoms with Crippen molar-refractivity contribution < 1.29 is 41.8 Å². The molecule has 0 radical (unpaired) electrons. The van der Waals surface area contributed by atoms with Gasteiger partial charge in [-0.05, 0) is 36.2 Å². The third kappa shape index (κ3) is 5.14. The molecule has 210 valence electrons. The average Bonchev–Trinajstić information content (AvgIpc) is 3.29. The number of para-hydroxylation sites is 2. The minimum absolute atomic E-state index is 0.00162.